The molecule has 8 heteroatoms. The summed E-state index contributed by atoms with van der Waals surface area (Å²) < 4.78 is 6.60. The molecule has 0 aromatic carbocycles. The molecule has 0 aliphatic carbocycles. The number of rotatable bonds is 10. The maximum Gasteiger partial charge on any atom is 0.230 e. The van der Waals surface area contributed by atoms with Crippen LogP contribution in [0.2, 0.25) is 0 Å². The zero-order valence-electron chi connectivity index (χ0n) is 14.2. The summed E-state index contributed by atoms with van der Waals surface area (Å²) >= 11 is 1.26. The van der Waals surface area contributed by atoms with E-state index >= 15 is 0 Å². The lowest BCUT2D eigenvalue weighted by molar-refractivity contribution is -0.118. The number of hydrogen-bond acceptors (Lipinski definition) is 6. The molecule has 2 rings (SSSR count). The summed E-state index contributed by atoms with van der Waals surface area (Å²) in [5.41, 5.74) is 0. The van der Waals surface area contributed by atoms with Crippen LogP contribution in [-0.4, -0.2) is 33.1 Å². The summed E-state index contributed by atoms with van der Waals surface area (Å²) in [4.78, 5) is 12.0. The number of unbranched alkanes of at least 4 members (excludes halogenated alkanes) is 1. The monoisotopic (exact) mass is 351 g/mol. The SMILES string of the molecule is CCCC[C@H](CC)CNC(=O)CSc1nnc(-c2ccco2)n1N. The molecule has 0 radical (unpaired) electrons. The van der Waals surface area contributed by atoms with Crippen LogP contribution in [0.4, 0.5) is 0 Å². The molecule has 2 heterocycles. The van der Waals surface area contributed by atoms with Crippen molar-refractivity contribution >= 4 is 17.7 Å². The molecule has 0 saturated heterocycles. The standard InChI is InChI=1S/C16H25N5O2S/c1-3-5-7-12(4-2)10-18-14(22)11-24-16-20-19-15(21(16)17)13-8-6-9-23-13/h6,8-9,12H,3-5,7,10-11,17H2,1-2H3,(H,18,22)/t12-/m0/s1. The smallest absolute Gasteiger partial charge is 0.230 e. The third kappa shape index (κ3) is 5.02. The molecule has 0 saturated carbocycles. The highest BCUT2D eigenvalue weighted by Crippen LogP contribution is 2.21. The Balaban J connectivity index is 1.80. The fourth-order valence-corrected chi connectivity index (χ4v) is 3.02. The lowest BCUT2D eigenvalue weighted by atomic mass is 9.99. The van der Waals surface area contributed by atoms with Crippen molar-refractivity contribution in [3.63, 3.8) is 0 Å². The molecule has 24 heavy (non-hydrogen) atoms. The van der Waals surface area contributed by atoms with Gasteiger partial charge in [-0.3, -0.25) is 4.79 Å². The van der Waals surface area contributed by atoms with Crippen molar-refractivity contribution in [3.8, 4) is 11.6 Å². The average Bonchev–Trinajstić information content (AvgIpc) is 3.23. The molecule has 2 aromatic rings. The predicted molar refractivity (Wildman–Crippen MR) is 94.9 cm³/mol. The molecule has 132 valence electrons. The summed E-state index contributed by atoms with van der Waals surface area (Å²) in [6.45, 7) is 5.07. The fourth-order valence-electron chi connectivity index (χ4n) is 2.33. The Morgan fingerprint density at radius 3 is 2.96 bits per heavy atom. The van der Waals surface area contributed by atoms with Gasteiger partial charge in [0.15, 0.2) is 5.76 Å². The number of nitrogen functional groups attached to an aromatic ring is 1. The Hall–Kier alpha value is -1.96. The molecule has 3 N–H and O–H groups in total. The Bertz CT molecular complexity index is 626. The molecule has 0 spiro atoms. The number of nitrogens with two attached hydrogens (primary N) is 1. The Kier molecular flexibility index (Phi) is 7.17. The average molecular weight is 351 g/mol. The van der Waals surface area contributed by atoms with Gasteiger partial charge in [0.2, 0.25) is 16.9 Å². The third-order valence-electron chi connectivity index (χ3n) is 3.87. The van der Waals surface area contributed by atoms with E-state index in [0.29, 0.717) is 22.7 Å². The summed E-state index contributed by atoms with van der Waals surface area (Å²) in [5.74, 6) is 7.73. The second-order valence-electron chi connectivity index (χ2n) is 5.66. The van der Waals surface area contributed by atoms with Gasteiger partial charge >= 0.3 is 0 Å². The molecule has 1 amide bonds. The zero-order valence-corrected chi connectivity index (χ0v) is 15.0. The van der Waals surface area contributed by atoms with Crippen LogP contribution in [0.15, 0.2) is 28.0 Å². The van der Waals surface area contributed by atoms with E-state index in [2.05, 4.69) is 29.4 Å². The first-order valence-electron chi connectivity index (χ1n) is 8.29. The lowest BCUT2D eigenvalue weighted by Gasteiger charge is -2.15. The van der Waals surface area contributed by atoms with Crippen LogP contribution in [-0.2, 0) is 4.79 Å². The summed E-state index contributed by atoms with van der Waals surface area (Å²) in [7, 11) is 0. The molecule has 0 unspecified atom stereocenters. The minimum Gasteiger partial charge on any atom is -0.461 e. The fraction of sp³-hybridized carbons (Fsp3) is 0.562. The first-order valence-corrected chi connectivity index (χ1v) is 9.28. The van der Waals surface area contributed by atoms with Gasteiger partial charge in [0.05, 0.1) is 12.0 Å². The van der Waals surface area contributed by atoms with Crippen LogP contribution < -0.4 is 11.2 Å². The van der Waals surface area contributed by atoms with Gasteiger partial charge in [-0.2, -0.15) is 0 Å². The largest absolute Gasteiger partial charge is 0.461 e. The molecule has 2 aromatic heterocycles. The first-order chi connectivity index (χ1) is 11.7. The topological polar surface area (TPSA) is 99.0 Å². The summed E-state index contributed by atoms with van der Waals surface area (Å²) in [6, 6.07) is 3.52. The molecule has 7 nitrogen and oxygen atoms in total. The molecule has 1 atom stereocenters. The molecule has 0 fully saturated rings. The number of hydrogen-bond donors (Lipinski definition) is 2. The molecule has 0 aliphatic rings. The van der Waals surface area contributed by atoms with Gasteiger partial charge in [-0.25, -0.2) is 4.68 Å². The van der Waals surface area contributed by atoms with Crippen molar-refractivity contribution in [2.24, 2.45) is 5.92 Å². The zero-order chi connectivity index (χ0) is 17.4. The number of carbonyl (C=O) groups excluding carboxylic acids is 1. The number of aromatic nitrogens is 3. The van der Waals surface area contributed by atoms with Crippen LogP contribution in [0.1, 0.15) is 39.5 Å². The van der Waals surface area contributed by atoms with Crippen molar-refractivity contribution in [2.45, 2.75) is 44.7 Å². The second kappa shape index (κ2) is 9.36. The minimum absolute atomic E-state index is 0.0162. The Morgan fingerprint density at radius 2 is 2.29 bits per heavy atom. The van der Waals surface area contributed by atoms with E-state index in [1.807, 2.05) is 0 Å². The van der Waals surface area contributed by atoms with E-state index in [9.17, 15) is 4.79 Å². The van der Waals surface area contributed by atoms with Gasteiger partial charge in [0.25, 0.3) is 0 Å². The van der Waals surface area contributed by atoms with E-state index in [4.69, 9.17) is 10.3 Å². The van der Waals surface area contributed by atoms with Gasteiger partial charge < -0.3 is 15.6 Å². The predicted octanol–water partition coefficient (Wildman–Crippen LogP) is 2.68. The maximum absolute atomic E-state index is 12.0. The number of furan rings is 1. The van der Waals surface area contributed by atoms with E-state index < -0.39 is 0 Å². The van der Waals surface area contributed by atoms with E-state index in [1.54, 1.807) is 18.4 Å². The Morgan fingerprint density at radius 1 is 1.46 bits per heavy atom. The van der Waals surface area contributed by atoms with Gasteiger partial charge in [0.1, 0.15) is 0 Å². The molecule has 0 bridgehead atoms. The summed E-state index contributed by atoms with van der Waals surface area (Å²) in [6.07, 6.45) is 6.17. The number of thioether (sulfide) groups is 1. The Labute approximate surface area is 146 Å². The highest BCUT2D eigenvalue weighted by molar-refractivity contribution is 7.99. The number of nitrogens with zero attached hydrogens (tertiary/aromatic N) is 3. The molecule has 0 aliphatic heterocycles. The number of nitrogens with one attached hydrogen (secondary N) is 1. The highest BCUT2D eigenvalue weighted by atomic mass is 32.2. The van der Waals surface area contributed by atoms with Gasteiger partial charge in [-0.1, -0.05) is 44.9 Å². The molecular weight excluding hydrogens is 326 g/mol. The highest BCUT2D eigenvalue weighted by Gasteiger charge is 2.15. The quantitative estimate of drug-likeness (QED) is 0.504. The van der Waals surface area contributed by atoms with Gasteiger partial charge in [-0.05, 0) is 24.5 Å². The lowest BCUT2D eigenvalue weighted by Crippen LogP contribution is -2.30. The van der Waals surface area contributed by atoms with Crippen molar-refractivity contribution in [1.29, 1.82) is 0 Å². The van der Waals surface area contributed by atoms with Crippen LogP contribution >= 0.6 is 11.8 Å². The number of amides is 1. The van der Waals surface area contributed by atoms with E-state index in [0.717, 1.165) is 19.4 Å². The van der Waals surface area contributed by atoms with Gasteiger partial charge in [0, 0.05) is 6.54 Å². The molecular formula is C16H25N5O2S. The maximum atomic E-state index is 12.0. The van der Waals surface area contributed by atoms with Crippen LogP contribution in [0.25, 0.3) is 11.6 Å². The summed E-state index contributed by atoms with van der Waals surface area (Å²) in [5, 5.41) is 11.5. The van der Waals surface area contributed by atoms with Crippen molar-refractivity contribution in [1.82, 2.24) is 20.2 Å². The van der Waals surface area contributed by atoms with Crippen molar-refractivity contribution < 1.29 is 9.21 Å². The van der Waals surface area contributed by atoms with Gasteiger partial charge in [-0.15, -0.1) is 10.2 Å². The minimum atomic E-state index is -0.0162. The van der Waals surface area contributed by atoms with E-state index in [-0.39, 0.29) is 11.7 Å². The number of carbonyl (C=O) groups is 1. The second-order valence-corrected chi connectivity index (χ2v) is 6.61. The normalized spacial score (nSPS) is 12.2. The third-order valence-corrected chi connectivity index (χ3v) is 4.81. The first kappa shape index (κ1) is 18.4. The van der Waals surface area contributed by atoms with E-state index in [1.165, 1.54) is 29.3 Å². The van der Waals surface area contributed by atoms with Crippen molar-refractivity contribution in [2.75, 3.05) is 18.1 Å². The van der Waals surface area contributed by atoms with Crippen LogP contribution in [0.3, 0.4) is 0 Å². The van der Waals surface area contributed by atoms with Crippen molar-refractivity contribution in [3.05, 3.63) is 18.4 Å². The van der Waals surface area contributed by atoms with Crippen LogP contribution in [0, 0.1) is 5.92 Å². The van der Waals surface area contributed by atoms with Crippen LogP contribution in [0.5, 0.6) is 0 Å².